The van der Waals surface area contributed by atoms with Crippen LogP contribution in [0.25, 0.3) is 0 Å². The molecule has 3 aromatic rings. The second kappa shape index (κ2) is 7.45. The van der Waals surface area contributed by atoms with Gasteiger partial charge in [0.2, 0.25) is 0 Å². The number of nitrogens with zero attached hydrogens (tertiary/aromatic N) is 1. The molecule has 140 valence electrons. The monoisotopic (exact) mass is 405 g/mol. The van der Waals surface area contributed by atoms with Gasteiger partial charge in [-0.05, 0) is 44.2 Å². The zero-order valence-electron chi connectivity index (χ0n) is 14.5. The molecule has 0 saturated carbocycles. The van der Waals surface area contributed by atoms with E-state index in [2.05, 4.69) is 15.0 Å². The molecule has 3 rings (SSSR count). The zero-order chi connectivity index (χ0) is 19.6. The zero-order valence-corrected chi connectivity index (χ0v) is 16.1. The summed E-state index contributed by atoms with van der Waals surface area (Å²) in [6, 6.07) is 11.9. The van der Waals surface area contributed by atoms with Gasteiger partial charge in [-0.3, -0.25) is 9.52 Å². The van der Waals surface area contributed by atoms with E-state index in [-0.39, 0.29) is 14.9 Å². The maximum absolute atomic E-state index is 13.2. The lowest BCUT2D eigenvalue weighted by molar-refractivity contribution is 0.103. The summed E-state index contributed by atoms with van der Waals surface area (Å²) in [5.41, 5.74) is 1.61. The maximum atomic E-state index is 13.2. The number of aromatic nitrogens is 1. The highest BCUT2D eigenvalue weighted by Gasteiger charge is 2.20. The Balaban J connectivity index is 1.79. The Bertz CT molecular complexity index is 1090. The van der Waals surface area contributed by atoms with Gasteiger partial charge >= 0.3 is 0 Å². The van der Waals surface area contributed by atoms with Gasteiger partial charge in [0.25, 0.3) is 15.9 Å². The smallest absolute Gasteiger partial charge is 0.267 e. The normalized spacial score (nSPS) is 11.2. The second-order valence-corrected chi connectivity index (χ2v) is 8.50. The molecule has 2 aromatic carbocycles. The first-order valence-electron chi connectivity index (χ1n) is 7.88. The lowest BCUT2D eigenvalue weighted by Crippen LogP contribution is -2.12. The van der Waals surface area contributed by atoms with Crippen LogP contribution in [0.1, 0.15) is 20.9 Å². The molecule has 0 fully saturated rings. The number of hydrogen-bond donors (Lipinski definition) is 2. The van der Waals surface area contributed by atoms with Crippen molar-refractivity contribution in [2.75, 3.05) is 10.0 Å². The topological polar surface area (TPSA) is 88.2 Å². The summed E-state index contributed by atoms with van der Waals surface area (Å²) < 4.78 is 40.5. The number of halogens is 1. The van der Waals surface area contributed by atoms with Crippen LogP contribution in [0.2, 0.25) is 0 Å². The Kier molecular flexibility index (Phi) is 5.24. The van der Waals surface area contributed by atoms with Crippen molar-refractivity contribution < 1.29 is 17.6 Å². The van der Waals surface area contributed by atoms with Crippen LogP contribution in [0, 0.1) is 19.7 Å². The van der Waals surface area contributed by atoms with Crippen LogP contribution in [0.5, 0.6) is 0 Å². The van der Waals surface area contributed by atoms with E-state index < -0.39 is 21.7 Å². The van der Waals surface area contributed by atoms with Crippen molar-refractivity contribution in [2.45, 2.75) is 18.7 Å². The van der Waals surface area contributed by atoms with Crippen molar-refractivity contribution in [2.24, 2.45) is 0 Å². The standard InChI is InChI=1S/C18H16FN3O3S2/c1-11-6-8-15(9-7-11)27(24,25)22-18-20-12(2)16(26-18)17(23)21-14-5-3-4-13(19)10-14/h3-10H,1-2H3,(H,20,22)(H,21,23). The van der Waals surface area contributed by atoms with Crippen molar-refractivity contribution in [3.63, 3.8) is 0 Å². The minimum absolute atomic E-state index is 0.0810. The third kappa shape index (κ3) is 4.50. The van der Waals surface area contributed by atoms with E-state index in [1.54, 1.807) is 25.1 Å². The van der Waals surface area contributed by atoms with E-state index in [0.717, 1.165) is 16.9 Å². The van der Waals surface area contributed by atoms with Crippen LogP contribution in [0.4, 0.5) is 15.2 Å². The molecule has 1 aromatic heterocycles. The molecule has 0 aliphatic heterocycles. The Morgan fingerprint density at radius 1 is 1.11 bits per heavy atom. The van der Waals surface area contributed by atoms with Gasteiger partial charge in [-0.2, -0.15) is 0 Å². The number of hydrogen-bond acceptors (Lipinski definition) is 5. The summed E-state index contributed by atoms with van der Waals surface area (Å²) in [4.78, 5) is 16.8. The molecule has 0 unspecified atom stereocenters. The SMILES string of the molecule is Cc1ccc(S(=O)(=O)Nc2nc(C)c(C(=O)Nc3cccc(F)c3)s2)cc1. The van der Waals surface area contributed by atoms with E-state index in [1.807, 2.05) is 6.92 Å². The number of benzene rings is 2. The summed E-state index contributed by atoms with van der Waals surface area (Å²) in [6.07, 6.45) is 0. The highest BCUT2D eigenvalue weighted by molar-refractivity contribution is 7.93. The first-order chi connectivity index (χ1) is 12.7. The summed E-state index contributed by atoms with van der Waals surface area (Å²) in [6.45, 7) is 3.46. The molecule has 0 saturated heterocycles. The predicted molar refractivity (Wildman–Crippen MR) is 103 cm³/mol. The fourth-order valence-corrected chi connectivity index (χ4v) is 4.39. The highest BCUT2D eigenvalue weighted by Crippen LogP contribution is 2.26. The van der Waals surface area contributed by atoms with Crippen LogP contribution < -0.4 is 10.0 Å². The van der Waals surface area contributed by atoms with Gasteiger partial charge in [-0.1, -0.05) is 35.1 Å². The van der Waals surface area contributed by atoms with Crippen molar-refractivity contribution in [3.05, 3.63) is 70.5 Å². The Morgan fingerprint density at radius 2 is 1.81 bits per heavy atom. The molecule has 9 heteroatoms. The highest BCUT2D eigenvalue weighted by atomic mass is 32.2. The van der Waals surface area contributed by atoms with E-state index >= 15 is 0 Å². The van der Waals surface area contributed by atoms with E-state index in [4.69, 9.17) is 0 Å². The molecule has 0 aliphatic carbocycles. The quantitative estimate of drug-likeness (QED) is 0.673. The Hall–Kier alpha value is -2.78. The predicted octanol–water partition coefficient (Wildman–Crippen LogP) is 3.95. The average molecular weight is 405 g/mol. The molecule has 0 aliphatic rings. The molecule has 2 N–H and O–H groups in total. The van der Waals surface area contributed by atoms with Gasteiger partial charge in [0, 0.05) is 5.69 Å². The molecule has 0 radical (unpaired) electrons. The molecule has 0 bridgehead atoms. The summed E-state index contributed by atoms with van der Waals surface area (Å²) in [5, 5.41) is 2.65. The molecule has 6 nitrogen and oxygen atoms in total. The molecule has 0 atom stereocenters. The number of anilines is 2. The number of aryl methyl sites for hydroxylation is 2. The third-order valence-electron chi connectivity index (χ3n) is 3.64. The van der Waals surface area contributed by atoms with Crippen molar-refractivity contribution in [3.8, 4) is 0 Å². The van der Waals surface area contributed by atoms with Crippen molar-refractivity contribution in [1.82, 2.24) is 4.98 Å². The first-order valence-corrected chi connectivity index (χ1v) is 10.2. The van der Waals surface area contributed by atoms with E-state index in [0.29, 0.717) is 11.4 Å². The Morgan fingerprint density at radius 3 is 2.48 bits per heavy atom. The average Bonchev–Trinajstić information content (AvgIpc) is 2.95. The number of thiazole rings is 1. The largest absolute Gasteiger partial charge is 0.321 e. The number of carbonyl (C=O) groups is 1. The molecular formula is C18H16FN3O3S2. The number of sulfonamides is 1. The number of nitrogens with one attached hydrogen (secondary N) is 2. The van der Waals surface area contributed by atoms with E-state index in [1.165, 1.54) is 30.3 Å². The van der Waals surface area contributed by atoms with Gasteiger partial charge < -0.3 is 5.32 Å². The van der Waals surface area contributed by atoms with Gasteiger partial charge in [-0.25, -0.2) is 17.8 Å². The van der Waals surface area contributed by atoms with Crippen LogP contribution in [0.15, 0.2) is 53.4 Å². The first kappa shape index (κ1) is 19.0. The second-order valence-electron chi connectivity index (χ2n) is 5.82. The van der Waals surface area contributed by atoms with Gasteiger partial charge in [0.1, 0.15) is 10.7 Å². The van der Waals surface area contributed by atoms with Crippen LogP contribution in [-0.2, 0) is 10.0 Å². The van der Waals surface area contributed by atoms with Crippen molar-refractivity contribution >= 4 is 38.1 Å². The summed E-state index contributed by atoms with van der Waals surface area (Å²) in [5.74, 6) is -0.961. The molecule has 27 heavy (non-hydrogen) atoms. The fourth-order valence-electron chi connectivity index (χ4n) is 2.30. The van der Waals surface area contributed by atoms with Gasteiger partial charge in [-0.15, -0.1) is 0 Å². The lowest BCUT2D eigenvalue weighted by Gasteiger charge is -2.05. The van der Waals surface area contributed by atoms with Crippen molar-refractivity contribution in [1.29, 1.82) is 0 Å². The third-order valence-corrected chi connectivity index (χ3v) is 6.19. The van der Waals surface area contributed by atoms with Crippen LogP contribution >= 0.6 is 11.3 Å². The number of rotatable bonds is 5. The van der Waals surface area contributed by atoms with Gasteiger partial charge in [0.15, 0.2) is 5.13 Å². The summed E-state index contributed by atoms with van der Waals surface area (Å²) in [7, 11) is -3.81. The fraction of sp³-hybridized carbons (Fsp3) is 0.111. The minimum Gasteiger partial charge on any atom is -0.321 e. The van der Waals surface area contributed by atoms with Gasteiger partial charge in [0.05, 0.1) is 10.6 Å². The molecule has 1 amide bonds. The number of amides is 1. The lowest BCUT2D eigenvalue weighted by atomic mass is 10.2. The Labute approximate surface area is 160 Å². The summed E-state index contributed by atoms with van der Waals surface area (Å²) >= 11 is 0.909. The maximum Gasteiger partial charge on any atom is 0.267 e. The number of carbonyl (C=O) groups excluding carboxylic acids is 1. The molecular weight excluding hydrogens is 389 g/mol. The van der Waals surface area contributed by atoms with Crippen LogP contribution in [-0.4, -0.2) is 19.3 Å². The molecule has 0 spiro atoms. The molecule has 1 heterocycles. The van der Waals surface area contributed by atoms with Crippen LogP contribution in [0.3, 0.4) is 0 Å². The minimum atomic E-state index is -3.81. The van der Waals surface area contributed by atoms with E-state index in [9.17, 15) is 17.6 Å².